The number of nitrogens with two attached hydrogens (primary N) is 1. The molecule has 3 rings (SSSR count). The van der Waals surface area contributed by atoms with Crippen LogP contribution in [0.3, 0.4) is 0 Å². The maximum atomic E-state index is 12.8. The van der Waals surface area contributed by atoms with Crippen LogP contribution >= 0.6 is 0 Å². The summed E-state index contributed by atoms with van der Waals surface area (Å²) in [6, 6.07) is 4.32. The van der Waals surface area contributed by atoms with Gasteiger partial charge in [-0.3, -0.25) is 14.5 Å². The third-order valence-electron chi connectivity index (χ3n) is 4.31. The molecule has 23 heavy (non-hydrogen) atoms. The van der Waals surface area contributed by atoms with Crippen molar-refractivity contribution < 1.29 is 14.3 Å². The van der Waals surface area contributed by atoms with Crippen molar-refractivity contribution in [2.75, 3.05) is 39.8 Å². The minimum absolute atomic E-state index is 0.0627. The van der Waals surface area contributed by atoms with Gasteiger partial charge in [-0.05, 0) is 32.0 Å². The zero-order valence-corrected chi connectivity index (χ0v) is 13.5. The van der Waals surface area contributed by atoms with Crippen LogP contribution in [0.5, 0.6) is 0 Å². The van der Waals surface area contributed by atoms with Crippen molar-refractivity contribution in [3.05, 3.63) is 24.0 Å². The molecule has 0 radical (unpaired) electrons. The highest BCUT2D eigenvalue weighted by Gasteiger charge is 2.31. The standard InChI is InChI=1S/C16H24N4O3/c1-18(11-15(17)21)9-13-10-19(7-8-23-13)16(22)14-3-2-6-20(14)12-4-5-12/h2-3,6,12-13H,4-5,7-11H2,1H3,(H2,17,21)/t13-/m1/s1. The zero-order valence-electron chi connectivity index (χ0n) is 13.5. The smallest absolute Gasteiger partial charge is 0.270 e. The molecule has 126 valence electrons. The summed E-state index contributed by atoms with van der Waals surface area (Å²) in [4.78, 5) is 27.4. The summed E-state index contributed by atoms with van der Waals surface area (Å²) in [6.45, 7) is 2.43. The summed E-state index contributed by atoms with van der Waals surface area (Å²) in [6.07, 6.45) is 4.20. The molecule has 7 heteroatoms. The minimum Gasteiger partial charge on any atom is -0.373 e. The Bertz CT molecular complexity index is 582. The number of hydrogen-bond donors (Lipinski definition) is 1. The first-order valence-corrected chi connectivity index (χ1v) is 8.09. The molecule has 1 saturated carbocycles. The van der Waals surface area contributed by atoms with E-state index in [2.05, 4.69) is 4.57 Å². The molecule has 0 unspecified atom stereocenters. The number of morpholine rings is 1. The molecule has 1 aromatic rings. The van der Waals surface area contributed by atoms with Crippen LogP contribution in [0.4, 0.5) is 0 Å². The highest BCUT2D eigenvalue weighted by molar-refractivity contribution is 5.93. The Hall–Kier alpha value is -1.86. The van der Waals surface area contributed by atoms with Crippen molar-refractivity contribution in [2.24, 2.45) is 5.73 Å². The first-order valence-electron chi connectivity index (χ1n) is 8.09. The van der Waals surface area contributed by atoms with E-state index in [-0.39, 0.29) is 24.5 Å². The van der Waals surface area contributed by atoms with Crippen LogP contribution in [0.1, 0.15) is 29.4 Å². The van der Waals surface area contributed by atoms with Crippen molar-refractivity contribution in [3.8, 4) is 0 Å². The highest BCUT2D eigenvalue weighted by atomic mass is 16.5. The van der Waals surface area contributed by atoms with Gasteiger partial charge in [0.05, 0.1) is 19.3 Å². The number of carbonyl (C=O) groups excluding carboxylic acids is 2. The van der Waals surface area contributed by atoms with Gasteiger partial charge >= 0.3 is 0 Å². The number of carbonyl (C=O) groups is 2. The third-order valence-corrected chi connectivity index (χ3v) is 4.31. The van der Waals surface area contributed by atoms with Crippen molar-refractivity contribution in [2.45, 2.75) is 25.0 Å². The quantitative estimate of drug-likeness (QED) is 0.805. The topological polar surface area (TPSA) is 80.8 Å². The molecule has 1 saturated heterocycles. The maximum Gasteiger partial charge on any atom is 0.270 e. The third kappa shape index (κ3) is 3.92. The highest BCUT2D eigenvalue weighted by Crippen LogP contribution is 2.36. The number of primary amides is 1. The van der Waals surface area contributed by atoms with E-state index in [1.807, 2.05) is 35.2 Å². The Labute approximate surface area is 136 Å². The average molecular weight is 320 g/mol. The first-order chi connectivity index (χ1) is 11.0. The van der Waals surface area contributed by atoms with Gasteiger partial charge < -0.3 is 19.9 Å². The average Bonchev–Trinajstić information content (AvgIpc) is 3.23. The molecular weight excluding hydrogens is 296 g/mol. The predicted molar refractivity (Wildman–Crippen MR) is 85.0 cm³/mol. The van der Waals surface area contributed by atoms with E-state index in [0.717, 1.165) is 18.5 Å². The summed E-state index contributed by atoms with van der Waals surface area (Å²) in [5, 5.41) is 0. The number of hydrogen-bond acceptors (Lipinski definition) is 4. The van der Waals surface area contributed by atoms with E-state index >= 15 is 0 Å². The van der Waals surface area contributed by atoms with Crippen LogP contribution in [0, 0.1) is 0 Å². The number of likely N-dealkylation sites (N-methyl/N-ethyl adjacent to an activating group) is 1. The molecule has 2 fully saturated rings. The van der Waals surface area contributed by atoms with Crippen LogP contribution in [0.25, 0.3) is 0 Å². The van der Waals surface area contributed by atoms with Crippen molar-refractivity contribution in [1.82, 2.24) is 14.4 Å². The van der Waals surface area contributed by atoms with E-state index in [1.54, 1.807) is 0 Å². The minimum atomic E-state index is -0.362. The molecule has 7 nitrogen and oxygen atoms in total. The molecule has 0 bridgehead atoms. The fraction of sp³-hybridized carbons (Fsp3) is 0.625. The lowest BCUT2D eigenvalue weighted by Crippen LogP contribution is -2.50. The van der Waals surface area contributed by atoms with E-state index in [9.17, 15) is 9.59 Å². The molecule has 1 aliphatic heterocycles. The second-order valence-electron chi connectivity index (χ2n) is 6.44. The Kier molecular flexibility index (Phi) is 4.68. The number of amides is 2. The van der Waals surface area contributed by atoms with Gasteiger partial charge in [0.1, 0.15) is 5.69 Å². The summed E-state index contributed by atoms with van der Waals surface area (Å²) in [5.74, 6) is -0.300. The van der Waals surface area contributed by atoms with E-state index < -0.39 is 0 Å². The molecule has 1 aromatic heterocycles. The normalized spacial score (nSPS) is 21.7. The fourth-order valence-corrected chi connectivity index (χ4v) is 3.10. The van der Waals surface area contributed by atoms with Crippen molar-refractivity contribution in [3.63, 3.8) is 0 Å². The van der Waals surface area contributed by atoms with Crippen LogP contribution in [0.15, 0.2) is 18.3 Å². The molecule has 2 N–H and O–H groups in total. The Morgan fingerprint density at radius 1 is 1.43 bits per heavy atom. The largest absolute Gasteiger partial charge is 0.373 e. The summed E-state index contributed by atoms with van der Waals surface area (Å²) >= 11 is 0. The van der Waals surface area contributed by atoms with Gasteiger partial charge in [0.25, 0.3) is 5.91 Å². The van der Waals surface area contributed by atoms with Crippen LogP contribution in [-0.4, -0.2) is 72.1 Å². The molecule has 2 aliphatic rings. The molecule has 0 spiro atoms. The van der Waals surface area contributed by atoms with Gasteiger partial charge in [0.2, 0.25) is 5.91 Å². The Morgan fingerprint density at radius 3 is 2.91 bits per heavy atom. The number of ether oxygens (including phenoxy) is 1. The SMILES string of the molecule is CN(CC(N)=O)C[C@@H]1CN(C(=O)c2cccn2C2CC2)CCO1. The molecule has 1 aliphatic carbocycles. The molecule has 0 aromatic carbocycles. The van der Waals surface area contributed by atoms with Gasteiger partial charge in [-0.25, -0.2) is 0 Å². The summed E-state index contributed by atoms with van der Waals surface area (Å²) < 4.78 is 7.81. The van der Waals surface area contributed by atoms with Gasteiger partial charge in [-0.2, -0.15) is 0 Å². The zero-order chi connectivity index (χ0) is 16.4. The summed E-state index contributed by atoms with van der Waals surface area (Å²) in [5.41, 5.74) is 5.96. The second kappa shape index (κ2) is 6.72. The van der Waals surface area contributed by atoms with Crippen molar-refractivity contribution in [1.29, 1.82) is 0 Å². The lowest BCUT2D eigenvalue weighted by Gasteiger charge is -2.34. The van der Waals surface area contributed by atoms with Gasteiger partial charge in [0, 0.05) is 31.9 Å². The lowest BCUT2D eigenvalue weighted by atomic mass is 10.2. The monoisotopic (exact) mass is 320 g/mol. The predicted octanol–water partition coefficient (Wildman–Crippen LogP) is 0.0811. The molecule has 2 heterocycles. The lowest BCUT2D eigenvalue weighted by molar-refractivity contribution is -0.119. The molecule has 2 amide bonds. The van der Waals surface area contributed by atoms with E-state index in [0.29, 0.717) is 32.3 Å². The Morgan fingerprint density at radius 2 is 2.22 bits per heavy atom. The summed E-state index contributed by atoms with van der Waals surface area (Å²) in [7, 11) is 1.83. The fourth-order valence-electron chi connectivity index (χ4n) is 3.10. The number of rotatable bonds is 6. The van der Waals surface area contributed by atoms with Gasteiger partial charge in [-0.1, -0.05) is 0 Å². The molecule has 1 atom stereocenters. The van der Waals surface area contributed by atoms with Gasteiger partial charge in [-0.15, -0.1) is 0 Å². The second-order valence-corrected chi connectivity index (χ2v) is 6.44. The van der Waals surface area contributed by atoms with Crippen LogP contribution < -0.4 is 5.73 Å². The maximum absolute atomic E-state index is 12.8. The van der Waals surface area contributed by atoms with Gasteiger partial charge in [0.15, 0.2) is 0 Å². The number of nitrogens with zero attached hydrogens (tertiary/aromatic N) is 3. The van der Waals surface area contributed by atoms with Crippen LogP contribution in [0.2, 0.25) is 0 Å². The van der Waals surface area contributed by atoms with Crippen molar-refractivity contribution >= 4 is 11.8 Å². The number of aromatic nitrogens is 1. The van der Waals surface area contributed by atoms with Crippen LogP contribution in [-0.2, 0) is 9.53 Å². The molecular formula is C16H24N4O3. The first kappa shape index (κ1) is 16.0. The van der Waals surface area contributed by atoms with E-state index in [1.165, 1.54) is 0 Å². The van der Waals surface area contributed by atoms with E-state index in [4.69, 9.17) is 10.5 Å². The Balaban J connectivity index is 1.60.